The van der Waals surface area contributed by atoms with E-state index < -0.39 is 0 Å². The highest BCUT2D eigenvalue weighted by Crippen LogP contribution is 2.16. The Bertz CT molecular complexity index is 625. The molecule has 0 saturated carbocycles. The van der Waals surface area contributed by atoms with Crippen molar-refractivity contribution < 1.29 is 4.74 Å². The van der Waals surface area contributed by atoms with Gasteiger partial charge in [0.15, 0.2) is 0 Å². The van der Waals surface area contributed by atoms with E-state index in [1.807, 2.05) is 37.4 Å². The predicted octanol–water partition coefficient (Wildman–Crippen LogP) is 4.10. The van der Waals surface area contributed by atoms with Crippen LogP contribution in [0.2, 0.25) is 0 Å². The van der Waals surface area contributed by atoms with Crippen molar-refractivity contribution in [2.45, 2.75) is 32.9 Å². The van der Waals surface area contributed by atoms with E-state index in [1.54, 1.807) is 0 Å². The van der Waals surface area contributed by atoms with Crippen LogP contribution in [0.4, 0.5) is 0 Å². The van der Waals surface area contributed by atoms with Crippen LogP contribution in [-0.2, 0) is 13.0 Å². The second kappa shape index (κ2) is 8.49. The molecule has 1 atom stereocenters. The summed E-state index contributed by atoms with van der Waals surface area (Å²) in [5.41, 5.74) is 3.40. The lowest BCUT2D eigenvalue weighted by atomic mass is 10.1. The van der Waals surface area contributed by atoms with Crippen LogP contribution in [0.25, 0.3) is 0 Å². The Morgan fingerprint density at radius 2 is 2.09 bits per heavy atom. The second-order valence-corrected chi connectivity index (χ2v) is 6.18. The maximum Gasteiger partial charge on any atom is 0.120 e. The fraction of sp³-hybridized carbons (Fsp3) is 0.350. The molecule has 0 saturated heterocycles. The van der Waals surface area contributed by atoms with Gasteiger partial charge in [0.05, 0.1) is 0 Å². The van der Waals surface area contributed by atoms with Crippen molar-refractivity contribution in [2.75, 3.05) is 13.7 Å². The number of likely N-dealkylation sites (N-methyl/N-ethyl adjacent to an activating group) is 1. The van der Waals surface area contributed by atoms with E-state index in [-0.39, 0.29) is 0 Å². The Balaban J connectivity index is 1.92. The SMILES string of the molecule is C=C(C)COc1cccc(CN(C)C(C)Cc2ccccn2)c1. The summed E-state index contributed by atoms with van der Waals surface area (Å²) < 4.78 is 5.72. The number of hydrogen-bond donors (Lipinski definition) is 0. The number of aromatic nitrogens is 1. The lowest BCUT2D eigenvalue weighted by Crippen LogP contribution is -2.30. The molecule has 122 valence electrons. The molecule has 0 amide bonds. The van der Waals surface area contributed by atoms with Crippen molar-refractivity contribution >= 4 is 0 Å². The highest BCUT2D eigenvalue weighted by atomic mass is 16.5. The average molecular weight is 310 g/mol. The van der Waals surface area contributed by atoms with Gasteiger partial charge in [-0.15, -0.1) is 0 Å². The van der Waals surface area contributed by atoms with Crippen molar-refractivity contribution in [3.63, 3.8) is 0 Å². The zero-order valence-corrected chi connectivity index (χ0v) is 14.3. The van der Waals surface area contributed by atoms with Gasteiger partial charge in [0.2, 0.25) is 0 Å². The van der Waals surface area contributed by atoms with E-state index >= 15 is 0 Å². The van der Waals surface area contributed by atoms with Crippen LogP contribution in [0.1, 0.15) is 25.1 Å². The molecule has 1 heterocycles. The molecule has 0 aliphatic carbocycles. The van der Waals surface area contributed by atoms with Gasteiger partial charge in [0.25, 0.3) is 0 Å². The van der Waals surface area contributed by atoms with Crippen LogP contribution in [0.15, 0.2) is 60.8 Å². The maximum atomic E-state index is 5.72. The third kappa shape index (κ3) is 5.87. The molecule has 0 aliphatic heterocycles. The molecule has 3 nitrogen and oxygen atoms in total. The largest absolute Gasteiger partial charge is 0.489 e. The van der Waals surface area contributed by atoms with Gasteiger partial charge in [0, 0.05) is 30.9 Å². The molecule has 2 aromatic rings. The molecule has 1 aromatic carbocycles. The normalized spacial score (nSPS) is 12.2. The smallest absolute Gasteiger partial charge is 0.120 e. The number of nitrogens with zero attached hydrogens (tertiary/aromatic N) is 2. The van der Waals surface area contributed by atoms with Gasteiger partial charge in [-0.05, 0) is 56.3 Å². The van der Waals surface area contributed by atoms with Crippen molar-refractivity contribution in [3.8, 4) is 5.75 Å². The van der Waals surface area contributed by atoms with E-state index in [2.05, 4.69) is 48.6 Å². The molecule has 0 bridgehead atoms. The van der Waals surface area contributed by atoms with E-state index in [1.165, 1.54) is 5.56 Å². The minimum Gasteiger partial charge on any atom is -0.489 e. The van der Waals surface area contributed by atoms with Gasteiger partial charge in [0.1, 0.15) is 12.4 Å². The molecular formula is C20H26N2O. The van der Waals surface area contributed by atoms with Crippen LogP contribution in [0.3, 0.4) is 0 Å². The van der Waals surface area contributed by atoms with Gasteiger partial charge in [-0.25, -0.2) is 0 Å². The van der Waals surface area contributed by atoms with Crippen molar-refractivity contribution in [1.29, 1.82) is 0 Å². The van der Waals surface area contributed by atoms with E-state index in [0.29, 0.717) is 12.6 Å². The Morgan fingerprint density at radius 1 is 1.26 bits per heavy atom. The standard InChI is InChI=1S/C20H26N2O/c1-16(2)15-23-20-10-7-8-18(13-20)14-22(4)17(3)12-19-9-5-6-11-21-19/h5-11,13,17H,1,12,14-15H2,2-4H3. The lowest BCUT2D eigenvalue weighted by Gasteiger charge is -2.24. The summed E-state index contributed by atoms with van der Waals surface area (Å²) in [6.45, 7) is 9.52. The van der Waals surface area contributed by atoms with Crippen molar-refractivity contribution in [3.05, 3.63) is 72.1 Å². The van der Waals surface area contributed by atoms with Gasteiger partial charge in [-0.2, -0.15) is 0 Å². The minimum atomic E-state index is 0.421. The van der Waals surface area contributed by atoms with Crippen molar-refractivity contribution in [1.82, 2.24) is 9.88 Å². The van der Waals surface area contributed by atoms with Crippen LogP contribution >= 0.6 is 0 Å². The summed E-state index contributed by atoms with van der Waals surface area (Å²) in [5.74, 6) is 0.899. The van der Waals surface area contributed by atoms with E-state index in [9.17, 15) is 0 Å². The molecule has 23 heavy (non-hydrogen) atoms. The summed E-state index contributed by atoms with van der Waals surface area (Å²) in [6.07, 6.45) is 2.80. The monoisotopic (exact) mass is 310 g/mol. The van der Waals surface area contributed by atoms with Gasteiger partial charge in [-0.3, -0.25) is 9.88 Å². The Morgan fingerprint density at radius 3 is 2.78 bits per heavy atom. The highest BCUT2D eigenvalue weighted by molar-refractivity contribution is 5.28. The van der Waals surface area contributed by atoms with Gasteiger partial charge < -0.3 is 4.74 Å². The van der Waals surface area contributed by atoms with Crippen LogP contribution < -0.4 is 4.74 Å². The first kappa shape index (κ1) is 17.2. The molecule has 0 spiro atoms. The summed E-state index contributed by atoms with van der Waals surface area (Å²) in [7, 11) is 2.15. The molecule has 1 unspecified atom stereocenters. The molecule has 1 aromatic heterocycles. The van der Waals surface area contributed by atoms with Crippen molar-refractivity contribution in [2.24, 2.45) is 0 Å². The molecule has 3 heteroatoms. The topological polar surface area (TPSA) is 25.4 Å². The van der Waals surface area contributed by atoms with Gasteiger partial charge in [-0.1, -0.05) is 24.8 Å². The Labute approximate surface area is 139 Å². The number of ether oxygens (including phenoxy) is 1. The zero-order valence-electron chi connectivity index (χ0n) is 14.3. The number of pyridine rings is 1. The zero-order chi connectivity index (χ0) is 16.7. The number of rotatable bonds is 8. The second-order valence-electron chi connectivity index (χ2n) is 6.18. The van der Waals surface area contributed by atoms with E-state index in [4.69, 9.17) is 4.74 Å². The number of hydrogen-bond acceptors (Lipinski definition) is 3. The van der Waals surface area contributed by atoms with Crippen LogP contribution in [0.5, 0.6) is 5.75 Å². The fourth-order valence-electron chi connectivity index (χ4n) is 2.36. The Hall–Kier alpha value is -2.13. The predicted molar refractivity (Wildman–Crippen MR) is 95.6 cm³/mol. The van der Waals surface area contributed by atoms with E-state index in [0.717, 1.165) is 30.0 Å². The highest BCUT2D eigenvalue weighted by Gasteiger charge is 2.11. The molecule has 0 N–H and O–H groups in total. The average Bonchev–Trinajstić information content (AvgIpc) is 2.54. The summed E-state index contributed by atoms with van der Waals surface area (Å²) in [5, 5.41) is 0. The third-order valence-electron chi connectivity index (χ3n) is 3.80. The first-order valence-electron chi connectivity index (χ1n) is 8.01. The molecule has 0 radical (unpaired) electrons. The Kier molecular flexibility index (Phi) is 6.36. The third-order valence-corrected chi connectivity index (χ3v) is 3.80. The molecule has 0 fully saturated rings. The summed E-state index contributed by atoms with van der Waals surface area (Å²) >= 11 is 0. The fourth-order valence-corrected chi connectivity index (χ4v) is 2.36. The van der Waals surface area contributed by atoms with Crippen LogP contribution in [0, 0.1) is 0 Å². The van der Waals surface area contributed by atoms with Gasteiger partial charge >= 0.3 is 0 Å². The quantitative estimate of drug-likeness (QED) is 0.686. The first-order valence-corrected chi connectivity index (χ1v) is 8.01. The maximum absolute atomic E-state index is 5.72. The molecular weight excluding hydrogens is 284 g/mol. The minimum absolute atomic E-state index is 0.421. The molecule has 2 rings (SSSR count). The lowest BCUT2D eigenvalue weighted by molar-refractivity contribution is 0.246. The summed E-state index contributed by atoms with van der Waals surface area (Å²) in [6, 6.07) is 14.8. The summed E-state index contributed by atoms with van der Waals surface area (Å²) in [4.78, 5) is 6.75. The number of benzene rings is 1. The van der Waals surface area contributed by atoms with Crippen LogP contribution in [-0.4, -0.2) is 29.6 Å². The molecule has 0 aliphatic rings. The first-order chi connectivity index (χ1) is 11.0.